The summed E-state index contributed by atoms with van der Waals surface area (Å²) in [6, 6.07) is 9.02. The van der Waals surface area contributed by atoms with Crippen LogP contribution in [0, 0.1) is 23.2 Å². The highest BCUT2D eigenvalue weighted by atomic mass is 16.2. The summed E-state index contributed by atoms with van der Waals surface area (Å²) in [6.07, 6.45) is 0.200. The highest BCUT2D eigenvalue weighted by molar-refractivity contribution is 5.94. The predicted octanol–water partition coefficient (Wildman–Crippen LogP) is 1.65. The van der Waals surface area contributed by atoms with Crippen molar-refractivity contribution in [1.29, 1.82) is 5.26 Å². The van der Waals surface area contributed by atoms with Crippen molar-refractivity contribution in [1.82, 2.24) is 4.90 Å². The number of carbonyl (C=O) groups excluding carboxylic acids is 1. The van der Waals surface area contributed by atoms with Crippen LogP contribution in [-0.4, -0.2) is 24.9 Å². The first-order chi connectivity index (χ1) is 7.65. The molecule has 0 unspecified atom stereocenters. The van der Waals surface area contributed by atoms with Crippen molar-refractivity contribution in [3.8, 4) is 17.9 Å². The third-order valence-corrected chi connectivity index (χ3v) is 1.92. The third-order valence-electron chi connectivity index (χ3n) is 1.92. The van der Waals surface area contributed by atoms with Gasteiger partial charge in [-0.25, -0.2) is 0 Å². The van der Waals surface area contributed by atoms with Crippen LogP contribution in [0.25, 0.3) is 0 Å². The van der Waals surface area contributed by atoms with E-state index >= 15 is 0 Å². The second-order valence-corrected chi connectivity index (χ2v) is 3.42. The summed E-state index contributed by atoms with van der Waals surface area (Å²) in [5.74, 6) is 5.50. The molecule has 80 valence electrons. The van der Waals surface area contributed by atoms with Gasteiger partial charge in [-0.05, 0) is 18.2 Å². The maximum Gasteiger partial charge on any atom is 0.253 e. The van der Waals surface area contributed by atoms with E-state index in [-0.39, 0.29) is 12.3 Å². The van der Waals surface area contributed by atoms with Crippen LogP contribution in [0.3, 0.4) is 0 Å². The summed E-state index contributed by atoms with van der Waals surface area (Å²) >= 11 is 0. The average molecular weight is 212 g/mol. The molecule has 0 saturated carbocycles. The number of nitrogens with zero attached hydrogens (tertiary/aromatic N) is 2. The molecule has 0 aliphatic heterocycles. The zero-order valence-corrected chi connectivity index (χ0v) is 9.32. The van der Waals surface area contributed by atoms with Crippen molar-refractivity contribution in [3.63, 3.8) is 0 Å². The monoisotopic (exact) mass is 212 g/mol. The molecule has 0 fully saturated rings. The van der Waals surface area contributed by atoms with Crippen LogP contribution in [0.15, 0.2) is 24.3 Å². The van der Waals surface area contributed by atoms with Crippen molar-refractivity contribution in [3.05, 3.63) is 35.4 Å². The maximum absolute atomic E-state index is 11.7. The molecule has 1 rings (SSSR count). The molecule has 0 heterocycles. The number of rotatable bonds is 1. The van der Waals surface area contributed by atoms with Gasteiger partial charge >= 0.3 is 0 Å². The molecule has 0 saturated heterocycles. The Hall–Kier alpha value is -2.26. The van der Waals surface area contributed by atoms with E-state index in [1.165, 1.54) is 4.90 Å². The molecule has 0 spiro atoms. The van der Waals surface area contributed by atoms with Gasteiger partial charge in [0, 0.05) is 25.2 Å². The molecular weight excluding hydrogens is 200 g/mol. The van der Waals surface area contributed by atoms with E-state index in [0.29, 0.717) is 5.56 Å². The van der Waals surface area contributed by atoms with Gasteiger partial charge in [0.15, 0.2) is 0 Å². The van der Waals surface area contributed by atoms with E-state index in [1.54, 1.807) is 32.3 Å². The fraction of sp³-hybridized carbons (Fsp3) is 0.231. The van der Waals surface area contributed by atoms with Gasteiger partial charge in [0.05, 0.1) is 12.5 Å². The second kappa shape index (κ2) is 5.58. The van der Waals surface area contributed by atoms with Gasteiger partial charge in [-0.2, -0.15) is 5.26 Å². The Balaban J connectivity index is 2.93. The van der Waals surface area contributed by atoms with Crippen molar-refractivity contribution < 1.29 is 4.79 Å². The summed E-state index contributed by atoms with van der Waals surface area (Å²) < 4.78 is 0. The van der Waals surface area contributed by atoms with Crippen molar-refractivity contribution in [2.24, 2.45) is 0 Å². The molecule has 3 heteroatoms. The maximum atomic E-state index is 11.7. The Morgan fingerprint density at radius 1 is 1.44 bits per heavy atom. The molecule has 1 aromatic carbocycles. The van der Waals surface area contributed by atoms with Crippen LogP contribution < -0.4 is 0 Å². The number of benzene rings is 1. The summed E-state index contributed by atoms with van der Waals surface area (Å²) in [5, 5.41) is 8.35. The molecule has 1 aromatic rings. The number of amides is 1. The Morgan fingerprint density at radius 3 is 2.81 bits per heavy atom. The minimum absolute atomic E-state index is 0.0519. The van der Waals surface area contributed by atoms with Crippen molar-refractivity contribution >= 4 is 5.91 Å². The summed E-state index contributed by atoms with van der Waals surface area (Å²) in [6.45, 7) is 0. The van der Waals surface area contributed by atoms with E-state index in [1.807, 2.05) is 12.1 Å². The number of hydrogen-bond acceptors (Lipinski definition) is 2. The summed E-state index contributed by atoms with van der Waals surface area (Å²) in [7, 11) is 3.41. The second-order valence-electron chi connectivity index (χ2n) is 3.42. The van der Waals surface area contributed by atoms with E-state index < -0.39 is 0 Å². The third kappa shape index (κ3) is 3.15. The van der Waals surface area contributed by atoms with Gasteiger partial charge in [0.1, 0.15) is 0 Å². The predicted molar refractivity (Wildman–Crippen MR) is 61.6 cm³/mol. The van der Waals surface area contributed by atoms with Crippen LogP contribution in [0.2, 0.25) is 0 Å². The van der Waals surface area contributed by atoms with Gasteiger partial charge in [-0.15, -0.1) is 0 Å². The first kappa shape index (κ1) is 11.8. The van der Waals surface area contributed by atoms with Gasteiger partial charge < -0.3 is 4.90 Å². The van der Waals surface area contributed by atoms with Gasteiger partial charge in [-0.1, -0.05) is 17.9 Å². The zero-order chi connectivity index (χ0) is 12.0. The lowest BCUT2D eigenvalue weighted by Gasteiger charge is -2.09. The molecule has 0 N–H and O–H groups in total. The van der Waals surface area contributed by atoms with Crippen molar-refractivity contribution in [2.75, 3.05) is 14.1 Å². The largest absolute Gasteiger partial charge is 0.345 e. The lowest BCUT2D eigenvalue weighted by molar-refractivity contribution is 0.0827. The molecule has 1 amide bonds. The fourth-order valence-corrected chi connectivity index (χ4v) is 1.17. The van der Waals surface area contributed by atoms with Crippen LogP contribution in [0.1, 0.15) is 22.3 Å². The summed E-state index contributed by atoms with van der Waals surface area (Å²) in [5.41, 5.74) is 1.36. The van der Waals surface area contributed by atoms with Crippen LogP contribution in [0.4, 0.5) is 0 Å². The fourth-order valence-electron chi connectivity index (χ4n) is 1.17. The Labute approximate surface area is 95.3 Å². The Bertz CT molecular complexity index is 487. The first-order valence-corrected chi connectivity index (χ1v) is 4.82. The molecule has 3 nitrogen and oxygen atoms in total. The Morgan fingerprint density at radius 2 is 2.19 bits per heavy atom. The molecule has 0 aliphatic rings. The molecule has 0 aromatic heterocycles. The topological polar surface area (TPSA) is 44.1 Å². The van der Waals surface area contributed by atoms with Crippen molar-refractivity contribution in [2.45, 2.75) is 6.42 Å². The van der Waals surface area contributed by atoms with E-state index in [0.717, 1.165) is 5.56 Å². The number of carbonyl (C=O) groups is 1. The highest BCUT2D eigenvalue weighted by Crippen LogP contribution is 2.06. The zero-order valence-electron chi connectivity index (χ0n) is 9.32. The minimum atomic E-state index is -0.0519. The minimum Gasteiger partial charge on any atom is -0.345 e. The van der Waals surface area contributed by atoms with Crippen LogP contribution >= 0.6 is 0 Å². The molecule has 0 aliphatic carbocycles. The molecule has 0 atom stereocenters. The van der Waals surface area contributed by atoms with Crippen LogP contribution in [0.5, 0.6) is 0 Å². The van der Waals surface area contributed by atoms with E-state index in [9.17, 15) is 4.79 Å². The van der Waals surface area contributed by atoms with E-state index in [4.69, 9.17) is 5.26 Å². The lowest BCUT2D eigenvalue weighted by Crippen LogP contribution is -2.21. The number of hydrogen-bond donors (Lipinski definition) is 0. The van der Waals surface area contributed by atoms with E-state index in [2.05, 4.69) is 11.8 Å². The standard InChI is InChI=1S/C13H12N2O/c1-15(2)13(16)12-8-5-7-11(10-12)6-3-4-9-14/h5,7-8,10H,4H2,1-2H3. The highest BCUT2D eigenvalue weighted by Gasteiger charge is 2.06. The molecule has 0 radical (unpaired) electrons. The average Bonchev–Trinajstić information content (AvgIpc) is 2.29. The summed E-state index contributed by atoms with van der Waals surface area (Å²) in [4.78, 5) is 13.2. The van der Waals surface area contributed by atoms with Gasteiger partial charge in [-0.3, -0.25) is 4.79 Å². The molecule has 16 heavy (non-hydrogen) atoms. The first-order valence-electron chi connectivity index (χ1n) is 4.82. The molecule has 0 bridgehead atoms. The van der Waals surface area contributed by atoms with Gasteiger partial charge in [0.2, 0.25) is 0 Å². The Kier molecular flexibility index (Phi) is 4.12. The lowest BCUT2D eigenvalue weighted by atomic mass is 10.1. The number of nitriles is 1. The normalized spacial score (nSPS) is 8.56. The molecular formula is C13H12N2O. The van der Waals surface area contributed by atoms with Gasteiger partial charge in [0.25, 0.3) is 5.91 Å². The SMILES string of the molecule is CN(C)C(=O)c1cccc(C#CCC#N)c1. The quantitative estimate of drug-likeness (QED) is 0.664. The smallest absolute Gasteiger partial charge is 0.253 e. The van der Waals surface area contributed by atoms with Crippen LogP contribution in [-0.2, 0) is 0 Å².